The molecule has 0 bridgehead atoms. The summed E-state index contributed by atoms with van der Waals surface area (Å²) in [6.45, 7) is 6.74. The molecule has 1 N–H and O–H groups in total. The van der Waals surface area contributed by atoms with Crippen LogP contribution in [-0.4, -0.2) is 18.3 Å². The van der Waals surface area contributed by atoms with Crippen LogP contribution in [0.1, 0.15) is 33.3 Å². The van der Waals surface area contributed by atoms with Crippen molar-refractivity contribution in [2.75, 3.05) is 7.11 Å². The first-order valence-corrected chi connectivity index (χ1v) is 5.52. The smallest absolute Gasteiger partial charge is 0.164 e. The summed E-state index contributed by atoms with van der Waals surface area (Å²) < 4.78 is 24.4. The first-order chi connectivity index (χ1) is 7.75. The molecule has 0 spiro atoms. The van der Waals surface area contributed by atoms with Gasteiger partial charge in [0, 0.05) is 11.6 Å². The molecule has 4 heteroatoms. The topological polar surface area (TPSA) is 38.7 Å². The van der Waals surface area contributed by atoms with Crippen molar-refractivity contribution in [1.82, 2.24) is 0 Å². The summed E-state index contributed by atoms with van der Waals surface area (Å²) in [5.74, 6) is 0.249. The highest BCUT2D eigenvalue weighted by Crippen LogP contribution is 2.35. The summed E-state index contributed by atoms with van der Waals surface area (Å²) in [5.41, 5.74) is -1.07. The SMILES string of the molecule is COc1cc(C(C)(C)O)c(F)cc1OC(C)C. The van der Waals surface area contributed by atoms with Crippen LogP contribution >= 0.6 is 0 Å². The minimum atomic E-state index is -1.26. The van der Waals surface area contributed by atoms with E-state index in [1.54, 1.807) is 0 Å². The van der Waals surface area contributed by atoms with Crippen molar-refractivity contribution in [3.8, 4) is 11.5 Å². The lowest BCUT2D eigenvalue weighted by Crippen LogP contribution is -2.18. The minimum absolute atomic E-state index is 0.0729. The second-order valence-corrected chi connectivity index (χ2v) is 4.71. The van der Waals surface area contributed by atoms with E-state index in [-0.39, 0.29) is 11.7 Å². The van der Waals surface area contributed by atoms with Gasteiger partial charge in [0.1, 0.15) is 5.82 Å². The van der Waals surface area contributed by atoms with Gasteiger partial charge in [-0.2, -0.15) is 0 Å². The van der Waals surface area contributed by atoms with Gasteiger partial charge in [-0.1, -0.05) is 0 Å². The van der Waals surface area contributed by atoms with E-state index in [4.69, 9.17) is 9.47 Å². The van der Waals surface area contributed by atoms with Crippen LogP contribution in [0.4, 0.5) is 4.39 Å². The normalized spacial score (nSPS) is 11.8. The van der Waals surface area contributed by atoms with Crippen LogP contribution in [0, 0.1) is 5.82 Å². The van der Waals surface area contributed by atoms with Crippen molar-refractivity contribution < 1.29 is 19.0 Å². The lowest BCUT2D eigenvalue weighted by atomic mass is 9.97. The molecular formula is C13H19FO3. The predicted octanol–water partition coefficient (Wildman–Crippen LogP) is 2.85. The van der Waals surface area contributed by atoms with Gasteiger partial charge in [0.05, 0.1) is 18.8 Å². The number of rotatable bonds is 4. The molecule has 0 saturated carbocycles. The van der Waals surface area contributed by atoms with Crippen molar-refractivity contribution in [3.63, 3.8) is 0 Å². The van der Waals surface area contributed by atoms with Gasteiger partial charge in [-0.05, 0) is 33.8 Å². The number of hydrogen-bond donors (Lipinski definition) is 1. The van der Waals surface area contributed by atoms with Gasteiger partial charge in [0.2, 0.25) is 0 Å². The molecule has 1 rings (SSSR count). The van der Waals surface area contributed by atoms with Crippen molar-refractivity contribution in [1.29, 1.82) is 0 Å². The molecule has 0 unspecified atom stereocenters. The summed E-state index contributed by atoms with van der Waals surface area (Å²) in [7, 11) is 1.48. The molecule has 0 atom stereocenters. The molecular weight excluding hydrogens is 223 g/mol. The van der Waals surface area contributed by atoms with Crippen LogP contribution in [0.5, 0.6) is 11.5 Å². The maximum absolute atomic E-state index is 13.8. The Bertz CT molecular complexity index is 394. The number of hydrogen-bond acceptors (Lipinski definition) is 3. The van der Waals surface area contributed by atoms with Crippen molar-refractivity contribution >= 4 is 0 Å². The summed E-state index contributed by atoms with van der Waals surface area (Å²) in [6.07, 6.45) is -0.0729. The molecule has 0 aliphatic heterocycles. The Kier molecular flexibility index (Phi) is 3.98. The van der Waals surface area contributed by atoms with Gasteiger partial charge in [-0.25, -0.2) is 4.39 Å². The second kappa shape index (κ2) is 4.92. The fourth-order valence-electron chi connectivity index (χ4n) is 1.51. The summed E-state index contributed by atoms with van der Waals surface area (Å²) in [4.78, 5) is 0. The van der Waals surface area contributed by atoms with Crippen molar-refractivity contribution in [2.24, 2.45) is 0 Å². The third kappa shape index (κ3) is 3.33. The number of methoxy groups -OCH3 is 1. The quantitative estimate of drug-likeness (QED) is 0.882. The van der Waals surface area contributed by atoms with Crippen molar-refractivity contribution in [3.05, 3.63) is 23.5 Å². The summed E-state index contributed by atoms with van der Waals surface area (Å²) in [6, 6.07) is 2.71. The summed E-state index contributed by atoms with van der Waals surface area (Å²) in [5, 5.41) is 9.83. The molecule has 1 aromatic carbocycles. The summed E-state index contributed by atoms with van der Waals surface area (Å²) >= 11 is 0. The Morgan fingerprint density at radius 3 is 2.24 bits per heavy atom. The number of halogens is 1. The first-order valence-electron chi connectivity index (χ1n) is 5.52. The van der Waals surface area contributed by atoms with Gasteiger partial charge >= 0.3 is 0 Å². The number of ether oxygens (including phenoxy) is 2. The number of aliphatic hydroxyl groups is 1. The van der Waals surface area contributed by atoms with E-state index in [0.29, 0.717) is 11.5 Å². The Morgan fingerprint density at radius 2 is 1.82 bits per heavy atom. The minimum Gasteiger partial charge on any atom is -0.493 e. The third-order valence-electron chi connectivity index (χ3n) is 2.28. The Balaban J connectivity index is 3.25. The number of benzene rings is 1. The molecule has 0 aliphatic carbocycles. The lowest BCUT2D eigenvalue weighted by molar-refractivity contribution is 0.0740. The molecule has 0 saturated heterocycles. The van der Waals surface area contributed by atoms with E-state index in [0.717, 1.165) is 0 Å². The van der Waals surface area contributed by atoms with Crippen molar-refractivity contribution in [2.45, 2.75) is 39.4 Å². The second-order valence-electron chi connectivity index (χ2n) is 4.71. The van der Waals surface area contributed by atoms with Gasteiger partial charge in [0.15, 0.2) is 11.5 Å². The van der Waals surface area contributed by atoms with Crippen LogP contribution < -0.4 is 9.47 Å². The van der Waals surface area contributed by atoms with E-state index < -0.39 is 11.4 Å². The van der Waals surface area contributed by atoms with E-state index in [9.17, 15) is 9.50 Å². The molecule has 0 fully saturated rings. The van der Waals surface area contributed by atoms with Gasteiger partial charge in [0.25, 0.3) is 0 Å². The molecule has 17 heavy (non-hydrogen) atoms. The third-order valence-corrected chi connectivity index (χ3v) is 2.28. The average Bonchev–Trinajstić information content (AvgIpc) is 2.14. The predicted molar refractivity (Wildman–Crippen MR) is 64.0 cm³/mol. The Hall–Kier alpha value is -1.29. The van der Waals surface area contributed by atoms with E-state index in [1.807, 2.05) is 13.8 Å². The first kappa shape index (κ1) is 13.8. The molecule has 96 valence electrons. The highest BCUT2D eigenvalue weighted by molar-refractivity contribution is 5.45. The van der Waals surface area contributed by atoms with Gasteiger partial charge < -0.3 is 14.6 Å². The van der Waals surface area contributed by atoms with Crippen LogP contribution in [0.3, 0.4) is 0 Å². The van der Waals surface area contributed by atoms with Gasteiger partial charge in [-0.15, -0.1) is 0 Å². The highest BCUT2D eigenvalue weighted by atomic mass is 19.1. The van der Waals surface area contributed by atoms with E-state index in [1.165, 1.54) is 33.1 Å². The highest BCUT2D eigenvalue weighted by Gasteiger charge is 2.23. The molecule has 0 heterocycles. The van der Waals surface area contributed by atoms with Crippen LogP contribution in [0.25, 0.3) is 0 Å². The maximum atomic E-state index is 13.8. The Morgan fingerprint density at radius 1 is 1.24 bits per heavy atom. The molecule has 0 aromatic heterocycles. The molecule has 3 nitrogen and oxygen atoms in total. The fourth-order valence-corrected chi connectivity index (χ4v) is 1.51. The molecule has 0 amide bonds. The van der Waals surface area contributed by atoms with Crippen LogP contribution in [-0.2, 0) is 5.60 Å². The fraction of sp³-hybridized carbons (Fsp3) is 0.538. The monoisotopic (exact) mass is 242 g/mol. The molecule has 0 aliphatic rings. The maximum Gasteiger partial charge on any atom is 0.164 e. The standard InChI is InChI=1S/C13H19FO3/c1-8(2)17-12-7-10(14)9(13(3,4)15)6-11(12)16-5/h6-8,15H,1-5H3. The molecule has 1 aromatic rings. The van der Waals surface area contributed by atoms with Gasteiger partial charge in [-0.3, -0.25) is 0 Å². The van der Waals surface area contributed by atoms with E-state index in [2.05, 4.69) is 0 Å². The zero-order valence-corrected chi connectivity index (χ0v) is 10.9. The average molecular weight is 242 g/mol. The van der Waals surface area contributed by atoms with E-state index >= 15 is 0 Å². The molecule has 0 radical (unpaired) electrons. The lowest BCUT2D eigenvalue weighted by Gasteiger charge is -2.21. The zero-order valence-electron chi connectivity index (χ0n) is 10.9. The Labute approximate surface area is 101 Å². The van der Waals surface area contributed by atoms with Crippen LogP contribution in [0.2, 0.25) is 0 Å². The van der Waals surface area contributed by atoms with Crippen LogP contribution in [0.15, 0.2) is 12.1 Å². The largest absolute Gasteiger partial charge is 0.493 e. The zero-order chi connectivity index (χ0) is 13.2.